The van der Waals surface area contributed by atoms with Gasteiger partial charge in [0.15, 0.2) is 0 Å². The van der Waals surface area contributed by atoms with Crippen molar-refractivity contribution < 1.29 is 9.35 Å². The molecule has 0 spiro atoms. The van der Waals surface area contributed by atoms with Gasteiger partial charge >= 0.3 is 0 Å². The van der Waals surface area contributed by atoms with Crippen LogP contribution in [0.2, 0.25) is 0 Å². The fourth-order valence-electron chi connectivity index (χ4n) is 1.63. The van der Waals surface area contributed by atoms with Crippen LogP contribution in [0.5, 0.6) is 0 Å². The summed E-state index contributed by atoms with van der Waals surface area (Å²) in [5.74, 6) is -0.410. The molecule has 1 amide bonds. The van der Waals surface area contributed by atoms with E-state index in [2.05, 4.69) is 36.6 Å². The zero-order chi connectivity index (χ0) is 16.7. The molecule has 0 radical (unpaired) electrons. The molecule has 0 bridgehead atoms. The lowest BCUT2D eigenvalue weighted by molar-refractivity contribution is -0.114. The van der Waals surface area contributed by atoms with E-state index >= 15 is 0 Å². The van der Waals surface area contributed by atoms with Crippen LogP contribution in [-0.2, 0) is 16.2 Å². The van der Waals surface area contributed by atoms with E-state index in [0.29, 0.717) is 0 Å². The van der Waals surface area contributed by atoms with E-state index in [-0.39, 0.29) is 0 Å². The Labute approximate surface area is 155 Å². The summed E-state index contributed by atoms with van der Waals surface area (Å²) < 4.78 is 16.1. The fraction of sp³-hybridized carbons (Fsp3) is 0. The predicted molar refractivity (Wildman–Crippen MR) is 103 cm³/mol. The Hall–Kier alpha value is -1.34. The first kappa shape index (κ1) is 18.0. The van der Waals surface area contributed by atoms with Crippen molar-refractivity contribution >= 4 is 61.3 Å². The van der Waals surface area contributed by atoms with Gasteiger partial charge in [0.2, 0.25) is 0 Å². The van der Waals surface area contributed by atoms with E-state index < -0.39 is 17.3 Å². The standard InChI is InChI=1S/C17H13Br2NO2S/c18-15-6-1-13(2-7-15)5-10-17(21)20-23(22)12-11-14-3-8-16(19)9-4-14/h1-12H,(H,20,21). The van der Waals surface area contributed by atoms with Crippen molar-refractivity contribution in [2.45, 2.75) is 0 Å². The third kappa shape index (κ3) is 6.74. The highest BCUT2D eigenvalue weighted by Gasteiger charge is 2.05. The molecule has 1 unspecified atom stereocenters. The molecule has 0 saturated heterocycles. The second-order valence-corrected chi connectivity index (χ2v) is 7.41. The molecule has 3 nitrogen and oxygen atoms in total. The maximum atomic E-state index is 11.8. The first-order valence-electron chi connectivity index (χ1n) is 6.61. The van der Waals surface area contributed by atoms with Crippen LogP contribution in [-0.4, -0.2) is 10.5 Å². The molecule has 6 heteroatoms. The van der Waals surface area contributed by atoms with Gasteiger partial charge in [0.1, 0.15) is 16.8 Å². The number of carbonyl (C=O) groups excluding carboxylic acids is 1. The van der Waals surface area contributed by atoms with Crippen LogP contribution in [0.1, 0.15) is 11.1 Å². The number of halogens is 2. The van der Waals surface area contributed by atoms with Gasteiger partial charge in [-0.3, -0.25) is 4.79 Å². The topological polar surface area (TPSA) is 52.2 Å². The van der Waals surface area contributed by atoms with E-state index in [1.807, 2.05) is 48.5 Å². The number of carbonyl (C=O) groups is 1. The highest BCUT2D eigenvalue weighted by Crippen LogP contribution is 2.12. The average molecular weight is 455 g/mol. The molecule has 1 atom stereocenters. The molecule has 1 N–H and O–H groups in total. The second-order valence-electron chi connectivity index (χ2n) is 4.50. The van der Waals surface area contributed by atoms with E-state index in [1.165, 1.54) is 11.5 Å². The van der Waals surface area contributed by atoms with Crippen molar-refractivity contribution in [1.29, 1.82) is 0 Å². The maximum Gasteiger partial charge on any atom is 0.285 e. The molecule has 0 heterocycles. The summed E-state index contributed by atoms with van der Waals surface area (Å²) in [4.78, 5) is 11.7. The number of nitrogens with one attached hydrogen (secondary N) is 1. The van der Waals surface area contributed by atoms with Gasteiger partial charge in [-0.2, -0.15) is 4.72 Å². The minimum atomic E-state index is -1.57. The van der Waals surface area contributed by atoms with E-state index in [4.69, 9.17) is 0 Å². The third-order valence-electron chi connectivity index (χ3n) is 2.75. The average Bonchev–Trinajstić information content (AvgIpc) is 2.54. The van der Waals surface area contributed by atoms with Crippen molar-refractivity contribution in [3.8, 4) is 0 Å². The summed E-state index contributed by atoms with van der Waals surface area (Å²) in [5, 5.41) is 1.44. The summed E-state index contributed by atoms with van der Waals surface area (Å²) in [5.41, 5.74) is 1.79. The molecule has 2 aromatic rings. The van der Waals surface area contributed by atoms with Crippen LogP contribution in [0.4, 0.5) is 0 Å². The van der Waals surface area contributed by atoms with Crippen molar-refractivity contribution in [1.82, 2.24) is 4.72 Å². The summed E-state index contributed by atoms with van der Waals surface area (Å²) in [6.07, 6.45) is 4.72. The first-order valence-corrected chi connectivity index (χ1v) is 9.41. The molecule has 0 aliphatic carbocycles. The molecule has 0 saturated carbocycles. The number of hydrogen-bond donors (Lipinski definition) is 1. The normalized spacial score (nSPS) is 12.7. The SMILES string of the molecule is O=C(C=Cc1ccc(Br)cc1)N[S+]([O-])C=Cc1ccc(Br)cc1. The van der Waals surface area contributed by atoms with Crippen molar-refractivity contribution in [3.05, 3.63) is 80.1 Å². The predicted octanol–water partition coefficient (Wildman–Crippen LogP) is 4.68. The molecule has 0 aliphatic heterocycles. The van der Waals surface area contributed by atoms with Gasteiger partial charge in [0.05, 0.1) is 0 Å². The van der Waals surface area contributed by atoms with Gasteiger partial charge < -0.3 is 4.55 Å². The molecule has 2 aromatic carbocycles. The Kier molecular flexibility index (Phi) is 7.11. The van der Waals surface area contributed by atoms with Gasteiger partial charge in [0, 0.05) is 15.0 Å². The zero-order valence-electron chi connectivity index (χ0n) is 11.9. The van der Waals surface area contributed by atoms with Gasteiger partial charge in [-0.05, 0) is 47.5 Å². The Morgan fingerprint density at radius 3 is 1.91 bits per heavy atom. The van der Waals surface area contributed by atoms with E-state index in [1.54, 1.807) is 12.2 Å². The Morgan fingerprint density at radius 2 is 1.39 bits per heavy atom. The minimum absolute atomic E-state index is 0.410. The summed E-state index contributed by atoms with van der Waals surface area (Å²) >= 11 is 5.12. The molecule has 2 rings (SSSR count). The molecule has 0 fully saturated rings. The smallest absolute Gasteiger partial charge is 0.285 e. The second kappa shape index (κ2) is 9.08. The van der Waals surface area contributed by atoms with E-state index in [0.717, 1.165) is 20.1 Å². The highest BCUT2D eigenvalue weighted by molar-refractivity contribution is 9.10. The monoisotopic (exact) mass is 453 g/mol. The Balaban J connectivity index is 1.86. The van der Waals surface area contributed by atoms with Gasteiger partial charge in [-0.25, -0.2) is 0 Å². The van der Waals surface area contributed by atoms with Crippen LogP contribution < -0.4 is 4.72 Å². The third-order valence-corrected chi connectivity index (χ3v) is 4.60. The Bertz CT molecular complexity index is 712. The first-order chi connectivity index (χ1) is 11.0. The van der Waals surface area contributed by atoms with Crippen LogP contribution in [0.25, 0.3) is 12.2 Å². The maximum absolute atomic E-state index is 11.8. The Morgan fingerprint density at radius 1 is 0.913 bits per heavy atom. The van der Waals surface area contributed by atoms with Crippen LogP contribution in [0, 0.1) is 0 Å². The van der Waals surface area contributed by atoms with Crippen LogP contribution in [0.15, 0.2) is 69.0 Å². The number of hydrogen-bond acceptors (Lipinski definition) is 2. The fourth-order valence-corrected chi connectivity index (χ4v) is 2.77. The summed E-state index contributed by atoms with van der Waals surface area (Å²) in [6, 6.07) is 15.1. The van der Waals surface area contributed by atoms with Crippen LogP contribution in [0.3, 0.4) is 0 Å². The lowest BCUT2D eigenvalue weighted by Crippen LogP contribution is -2.26. The quantitative estimate of drug-likeness (QED) is 0.526. The molecular weight excluding hydrogens is 442 g/mol. The number of benzene rings is 2. The van der Waals surface area contributed by atoms with Gasteiger partial charge in [-0.1, -0.05) is 56.1 Å². The van der Waals surface area contributed by atoms with E-state index in [9.17, 15) is 9.35 Å². The summed E-state index contributed by atoms with van der Waals surface area (Å²) in [6.45, 7) is 0. The molecule has 0 aliphatic rings. The van der Waals surface area contributed by atoms with Gasteiger partial charge in [-0.15, -0.1) is 0 Å². The van der Waals surface area contributed by atoms with Crippen molar-refractivity contribution in [2.75, 3.05) is 0 Å². The molecule has 0 aromatic heterocycles. The minimum Gasteiger partial charge on any atom is -0.588 e. The van der Waals surface area contributed by atoms with Crippen molar-refractivity contribution in [2.24, 2.45) is 0 Å². The molecule has 118 valence electrons. The van der Waals surface area contributed by atoms with Crippen LogP contribution >= 0.6 is 31.9 Å². The summed E-state index contributed by atoms with van der Waals surface area (Å²) in [7, 11) is 0. The lowest BCUT2D eigenvalue weighted by Gasteiger charge is -2.03. The van der Waals surface area contributed by atoms with Gasteiger partial charge in [0.25, 0.3) is 5.91 Å². The number of rotatable bonds is 5. The van der Waals surface area contributed by atoms with Crippen molar-refractivity contribution in [3.63, 3.8) is 0 Å². The molecular formula is C17H13Br2NO2S. The molecule has 23 heavy (non-hydrogen) atoms. The highest BCUT2D eigenvalue weighted by atomic mass is 79.9. The largest absolute Gasteiger partial charge is 0.588 e. The number of amides is 1. The zero-order valence-corrected chi connectivity index (χ0v) is 15.9. The lowest BCUT2D eigenvalue weighted by atomic mass is 10.2.